The maximum Gasteiger partial charge on any atom is 0.240 e. The van der Waals surface area contributed by atoms with Crippen LogP contribution in [0, 0.1) is 0 Å². The number of hydrogen-bond acceptors (Lipinski definition) is 6. The maximum atomic E-state index is 12.7. The monoisotopic (exact) mass is 524 g/mol. The second-order valence-electron chi connectivity index (χ2n) is 7.41. The summed E-state index contributed by atoms with van der Waals surface area (Å²) in [6.45, 7) is 0.367. The molecule has 0 bridgehead atoms. The molecule has 0 spiro atoms. The zero-order valence-electron chi connectivity index (χ0n) is 18.4. The Morgan fingerprint density at radius 2 is 1.65 bits per heavy atom. The molecule has 3 rings (SSSR count). The van der Waals surface area contributed by atoms with Crippen molar-refractivity contribution in [3.8, 4) is 11.5 Å². The molecule has 0 saturated carbocycles. The van der Waals surface area contributed by atoms with Gasteiger partial charge >= 0.3 is 0 Å². The number of sulfonamides is 2. The Hall–Kier alpha value is -2.79. The molecule has 0 unspecified atom stereocenters. The van der Waals surface area contributed by atoms with Crippen LogP contribution in [0.25, 0.3) is 0 Å². The molecule has 0 amide bonds. The van der Waals surface area contributed by atoms with Crippen LogP contribution in [0.2, 0.25) is 5.02 Å². The molecule has 11 heteroatoms. The number of hydrogen-bond donors (Lipinski definition) is 2. The standard InChI is InChI=1S/C23H25ClN2O6S2/c1-31-20-10-6-17(7-11-20)12-14-32-22-16-19(24)9-8-18(22)13-15-33(27,28)26-21-4-2-3-5-23(21)34(25,29)30/h2-11,16,26H,12-15H2,1H3,(H2,25,29,30). The van der Waals surface area contributed by atoms with Crippen molar-refractivity contribution in [3.63, 3.8) is 0 Å². The van der Waals surface area contributed by atoms with Crippen LogP contribution in [0.1, 0.15) is 11.1 Å². The second-order valence-corrected chi connectivity index (χ2v) is 11.2. The summed E-state index contributed by atoms with van der Waals surface area (Å²) in [5, 5.41) is 5.64. The van der Waals surface area contributed by atoms with Crippen LogP contribution in [0.15, 0.2) is 71.6 Å². The summed E-state index contributed by atoms with van der Waals surface area (Å²) >= 11 is 6.11. The van der Waals surface area contributed by atoms with Crippen LogP contribution in [-0.2, 0) is 32.9 Å². The van der Waals surface area contributed by atoms with Gasteiger partial charge in [-0.15, -0.1) is 0 Å². The number of nitrogens with one attached hydrogen (secondary N) is 1. The van der Waals surface area contributed by atoms with Gasteiger partial charge in [0.05, 0.1) is 25.2 Å². The van der Waals surface area contributed by atoms with Crippen molar-refractivity contribution in [1.29, 1.82) is 0 Å². The molecule has 0 aliphatic carbocycles. The molecule has 3 aromatic carbocycles. The lowest BCUT2D eigenvalue weighted by molar-refractivity contribution is 0.319. The first-order valence-electron chi connectivity index (χ1n) is 10.2. The number of benzene rings is 3. The zero-order chi connectivity index (χ0) is 24.8. The van der Waals surface area contributed by atoms with Gasteiger partial charge in [0.25, 0.3) is 0 Å². The number of ether oxygens (including phenoxy) is 2. The number of aryl methyl sites for hydroxylation is 1. The molecular weight excluding hydrogens is 500 g/mol. The Morgan fingerprint density at radius 3 is 2.32 bits per heavy atom. The number of para-hydroxylation sites is 1. The van der Waals surface area contributed by atoms with Crippen LogP contribution >= 0.6 is 11.6 Å². The van der Waals surface area contributed by atoms with E-state index in [0.29, 0.717) is 29.4 Å². The topological polar surface area (TPSA) is 125 Å². The van der Waals surface area contributed by atoms with Crippen molar-refractivity contribution in [2.45, 2.75) is 17.7 Å². The molecule has 0 heterocycles. The zero-order valence-corrected chi connectivity index (χ0v) is 20.8. The number of halogens is 1. The third kappa shape index (κ3) is 7.36. The van der Waals surface area contributed by atoms with E-state index in [4.69, 9.17) is 26.2 Å². The van der Waals surface area contributed by atoms with Gasteiger partial charge in [-0.25, -0.2) is 22.0 Å². The molecule has 0 aliphatic rings. The molecule has 0 aromatic heterocycles. The normalized spacial score (nSPS) is 11.7. The second kappa shape index (κ2) is 11.1. The highest BCUT2D eigenvalue weighted by atomic mass is 35.5. The van der Waals surface area contributed by atoms with Crippen LogP contribution in [0.5, 0.6) is 11.5 Å². The van der Waals surface area contributed by atoms with Crippen LogP contribution in [-0.4, -0.2) is 36.3 Å². The van der Waals surface area contributed by atoms with Gasteiger partial charge in [0.2, 0.25) is 20.0 Å². The van der Waals surface area contributed by atoms with Gasteiger partial charge < -0.3 is 9.47 Å². The summed E-state index contributed by atoms with van der Waals surface area (Å²) in [7, 11) is -6.37. The lowest BCUT2D eigenvalue weighted by Crippen LogP contribution is -2.21. The van der Waals surface area contributed by atoms with Crippen molar-refractivity contribution >= 4 is 37.3 Å². The molecule has 0 atom stereocenters. The Balaban J connectivity index is 1.66. The number of methoxy groups -OCH3 is 1. The first-order valence-corrected chi connectivity index (χ1v) is 13.8. The maximum absolute atomic E-state index is 12.7. The smallest absolute Gasteiger partial charge is 0.240 e. The summed E-state index contributed by atoms with van der Waals surface area (Å²) in [6.07, 6.45) is 0.766. The molecule has 34 heavy (non-hydrogen) atoms. The molecule has 0 aliphatic heterocycles. The van der Waals surface area contributed by atoms with Gasteiger partial charge in [0.15, 0.2) is 0 Å². The van der Waals surface area contributed by atoms with E-state index >= 15 is 0 Å². The molecule has 0 fully saturated rings. The van der Waals surface area contributed by atoms with Crippen molar-refractivity contribution < 1.29 is 26.3 Å². The molecule has 182 valence electrons. The summed E-state index contributed by atoms with van der Waals surface area (Å²) in [4.78, 5) is -0.298. The minimum Gasteiger partial charge on any atom is -0.497 e. The van der Waals surface area contributed by atoms with Crippen molar-refractivity contribution in [2.75, 3.05) is 24.2 Å². The van der Waals surface area contributed by atoms with Gasteiger partial charge in [0, 0.05) is 11.4 Å². The fraction of sp³-hybridized carbons (Fsp3) is 0.217. The Kier molecular flexibility index (Phi) is 8.42. The van der Waals surface area contributed by atoms with Crippen LogP contribution < -0.4 is 19.3 Å². The van der Waals surface area contributed by atoms with Crippen molar-refractivity contribution in [2.24, 2.45) is 5.14 Å². The minimum absolute atomic E-state index is 0.0999. The number of rotatable bonds is 11. The van der Waals surface area contributed by atoms with Gasteiger partial charge in [0.1, 0.15) is 16.4 Å². The first-order chi connectivity index (χ1) is 16.1. The Bertz CT molecular complexity index is 1340. The minimum atomic E-state index is -4.09. The fourth-order valence-corrected chi connectivity index (χ4v) is 5.23. The summed E-state index contributed by atoms with van der Waals surface area (Å²) < 4.78 is 62.1. The lowest BCUT2D eigenvalue weighted by Gasteiger charge is -2.14. The van der Waals surface area contributed by atoms with Crippen molar-refractivity contribution in [3.05, 3.63) is 82.9 Å². The average molecular weight is 525 g/mol. The third-order valence-corrected chi connectivity index (χ3v) is 7.41. The van der Waals surface area contributed by atoms with Gasteiger partial charge in [-0.1, -0.05) is 41.9 Å². The van der Waals surface area contributed by atoms with E-state index in [1.165, 1.54) is 24.3 Å². The lowest BCUT2D eigenvalue weighted by atomic mass is 10.1. The summed E-state index contributed by atoms with van der Waals surface area (Å²) in [6, 6.07) is 18.2. The number of nitrogens with two attached hydrogens (primary N) is 1. The summed E-state index contributed by atoms with van der Waals surface area (Å²) in [5.41, 5.74) is 1.62. The number of anilines is 1. The molecule has 0 radical (unpaired) electrons. The predicted octanol–water partition coefficient (Wildman–Crippen LogP) is 3.60. The highest BCUT2D eigenvalue weighted by Crippen LogP contribution is 2.26. The predicted molar refractivity (Wildman–Crippen MR) is 133 cm³/mol. The van der Waals surface area contributed by atoms with E-state index < -0.39 is 20.0 Å². The molecule has 0 saturated heterocycles. The van der Waals surface area contributed by atoms with Gasteiger partial charge in [-0.05, 0) is 53.9 Å². The van der Waals surface area contributed by atoms with Gasteiger partial charge in [-0.2, -0.15) is 0 Å². The number of primary sulfonamides is 1. The van der Waals surface area contributed by atoms with E-state index in [0.717, 1.165) is 11.3 Å². The first kappa shape index (κ1) is 25.8. The molecule has 8 nitrogen and oxygen atoms in total. The van der Waals surface area contributed by atoms with Crippen LogP contribution in [0.3, 0.4) is 0 Å². The Morgan fingerprint density at radius 1 is 0.941 bits per heavy atom. The van der Waals surface area contributed by atoms with Crippen LogP contribution in [0.4, 0.5) is 5.69 Å². The average Bonchev–Trinajstić information content (AvgIpc) is 2.78. The van der Waals surface area contributed by atoms with E-state index in [9.17, 15) is 16.8 Å². The fourth-order valence-electron chi connectivity index (χ4n) is 3.20. The highest BCUT2D eigenvalue weighted by Gasteiger charge is 2.19. The van der Waals surface area contributed by atoms with E-state index in [-0.39, 0.29) is 22.8 Å². The highest BCUT2D eigenvalue weighted by molar-refractivity contribution is 7.93. The molecular formula is C23H25ClN2O6S2. The quantitative estimate of drug-likeness (QED) is 0.395. The Labute approximate surface area is 204 Å². The van der Waals surface area contributed by atoms with Crippen molar-refractivity contribution in [1.82, 2.24) is 0 Å². The summed E-state index contributed by atoms with van der Waals surface area (Å²) in [5.74, 6) is 0.951. The molecule has 3 N–H and O–H groups in total. The van der Waals surface area contributed by atoms with E-state index in [1.807, 2.05) is 24.3 Å². The largest absolute Gasteiger partial charge is 0.497 e. The SMILES string of the molecule is COc1ccc(CCOc2cc(Cl)ccc2CCS(=O)(=O)Nc2ccccc2S(N)(=O)=O)cc1. The third-order valence-electron chi connectivity index (χ3n) is 4.94. The van der Waals surface area contributed by atoms with E-state index in [1.54, 1.807) is 25.3 Å². The van der Waals surface area contributed by atoms with E-state index in [2.05, 4.69) is 4.72 Å². The van der Waals surface area contributed by atoms with Gasteiger partial charge in [-0.3, -0.25) is 4.72 Å². The molecule has 3 aromatic rings.